The third-order valence-electron chi connectivity index (χ3n) is 1.11. The van der Waals surface area contributed by atoms with Gasteiger partial charge in [0.05, 0.1) is 0 Å². The van der Waals surface area contributed by atoms with Gasteiger partial charge in [0, 0.05) is 0 Å². The van der Waals surface area contributed by atoms with Gasteiger partial charge in [0.25, 0.3) is 0 Å². The molecule has 13 heavy (non-hydrogen) atoms. The van der Waals surface area contributed by atoms with Crippen molar-refractivity contribution in [3.63, 3.8) is 0 Å². The molecule has 0 atom stereocenters. The molecule has 2 aromatic carbocycles. The summed E-state index contributed by atoms with van der Waals surface area (Å²) < 4.78 is 2.50. The van der Waals surface area contributed by atoms with Crippen LogP contribution in [0.5, 0.6) is 0 Å². The molecule has 0 unspecified atom stereocenters. The van der Waals surface area contributed by atoms with Crippen molar-refractivity contribution in [2.75, 3.05) is 0 Å². The van der Waals surface area contributed by atoms with Crippen LogP contribution in [0.1, 0.15) is 0 Å². The monoisotopic (exact) mass is 204 g/mol. The van der Waals surface area contributed by atoms with Gasteiger partial charge in [-0.15, -0.1) is 0 Å². The maximum absolute atomic E-state index is 3.24. The standard InChI is InChI=1S/2C5H5.C2H2.Ti/c2*1-2-4-5-3-1;1-2;/h2*1-5H;1H2;/q2*-1;;+2. The van der Waals surface area contributed by atoms with Crippen LogP contribution in [0.4, 0.5) is 0 Å². The Hall–Kier alpha value is -0.936. The molecule has 0 nitrogen and oxygen atoms in total. The number of rotatable bonds is 0. The molecule has 0 spiro atoms. The molecular weight excluding hydrogens is 192 g/mol. The summed E-state index contributed by atoms with van der Waals surface area (Å²) in [6.07, 6.45) is 0. The normalized spacial score (nSPS) is 6.92. The summed E-state index contributed by atoms with van der Waals surface area (Å²) in [5.41, 5.74) is 0. The van der Waals surface area contributed by atoms with Crippen LogP contribution < -0.4 is 0 Å². The summed E-state index contributed by atoms with van der Waals surface area (Å²) in [5, 5.41) is 0. The average molecular weight is 204 g/mol. The first-order chi connectivity index (χ1) is 6.41. The van der Waals surface area contributed by atoms with Crippen LogP contribution in [0.3, 0.4) is 0 Å². The van der Waals surface area contributed by atoms with Gasteiger partial charge in [-0.3, -0.25) is 0 Å². The van der Waals surface area contributed by atoms with Gasteiger partial charge in [-0.1, -0.05) is 0 Å². The number of hydrogen-bond acceptors (Lipinski definition) is 0. The Bertz CT molecular complexity index is 210. The minimum absolute atomic E-state index is 1.76. The second kappa shape index (κ2) is 11.1. The van der Waals surface area contributed by atoms with E-state index in [1.165, 1.54) is 0 Å². The summed E-state index contributed by atoms with van der Waals surface area (Å²) in [6.45, 7) is 3.24. The second-order valence-corrected chi connectivity index (χ2v) is 2.65. The zero-order valence-electron chi connectivity index (χ0n) is 7.48. The minimum Gasteiger partial charge on any atom is -0.214 e. The van der Waals surface area contributed by atoms with Crippen LogP contribution in [0.25, 0.3) is 0 Å². The van der Waals surface area contributed by atoms with Crippen molar-refractivity contribution < 1.29 is 20.0 Å². The van der Waals surface area contributed by atoms with Gasteiger partial charge in [-0.2, -0.15) is 36.4 Å². The maximum Gasteiger partial charge on any atom is -0.172 e. The van der Waals surface area contributed by atoms with Crippen molar-refractivity contribution in [1.29, 1.82) is 0 Å². The first-order valence-corrected chi connectivity index (χ1v) is 4.72. The van der Waals surface area contributed by atoms with Gasteiger partial charge in [-0.25, -0.2) is 24.3 Å². The van der Waals surface area contributed by atoms with E-state index in [-0.39, 0.29) is 0 Å². The molecule has 0 aliphatic carbocycles. The largest absolute Gasteiger partial charge is 0.214 e. The Balaban J connectivity index is 0.000000174. The third-order valence-corrected chi connectivity index (χ3v) is 1.11. The predicted octanol–water partition coefficient (Wildman–Crippen LogP) is 2.93. The molecule has 0 amide bonds. The van der Waals surface area contributed by atoms with Crippen LogP contribution in [-0.4, -0.2) is 3.97 Å². The molecule has 0 aromatic heterocycles. The van der Waals surface area contributed by atoms with Crippen molar-refractivity contribution in [2.24, 2.45) is 0 Å². The van der Waals surface area contributed by atoms with Crippen LogP contribution in [0, 0.1) is 0 Å². The van der Waals surface area contributed by atoms with E-state index in [0.717, 1.165) is 0 Å². The topological polar surface area (TPSA) is 0 Å². The van der Waals surface area contributed by atoms with E-state index >= 15 is 0 Å². The summed E-state index contributed by atoms with van der Waals surface area (Å²) in [5.74, 6) is 0. The van der Waals surface area contributed by atoms with E-state index in [9.17, 15) is 0 Å². The Kier molecular flexibility index (Phi) is 10.3. The Morgan fingerprint density at radius 1 is 0.846 bits per heavy atom. The smallest absolute Gasteiger partial charge is 0.172 e. The molecule has 0 fully saturated rings. The molecule has 0 saturated heterocycles. The van der Waals surface area contributed by atoms with E-state index in [2.05, 4.69) is 10.5 Å². The van der Waals surface area contributed by atoms with Gasteiger partial charge in [0.1, 0.15) is 0 Å². The fourth-order valence-corrected chi connectivity index (χ4v) is 0.642. The summed E-state index contributed by atoms with van der Waals surface area (Å²) in [6, 6.07) is 20.0. The van der Waals surface area contributed by atoms with Crippen LogP contribution in [0.15, 0.2) is 67.2 Å². The van der Waals surface area contributed by atoms with Gasteiger partial charge in [0.2, 0.25) is 0 Å². The van der Waals surface area contributed by atoms with Crippen LogP contribution >= 0.6 is 0 Å². The molecule has 0 radical (unpaired) electrons. The molecule has 0 saturated carbocycles. The molecule has 64 valence electrons. The molecular formula is C12H12Ti. The molecule has 0 heterocycles. The van der Waals surface area contributed by atoms with Gasteiger partial charge >= 0.3 is 30.5 Å². The number of hydrogen-bond donors (Lipinski definition) is 0. The van der Waals surface area contributed by atoms with Crippen LogP contribution in [-0.2, 0) is 20.0 Å². The Morgan fingerprint density at radius 3 is 1.15 bits per heavy atom. The van der Waals surface area contributed by atoms with Crippen molar-refractivity contribution >= 4 is 3.97 Å². The second-order valence-electron chi connectivity index (χ2n) is 2.10. The maximum atomic E-state index is 3.24. The summed E-state index contributed by atoms with van der Waals surface area (Å²) in [4.78, 5) is 0. The average Bonchev–Trinajstić information content (AvgIpc) is 2.85. The van der Waals surface area contributed by atoms with E-state index in [0.29, 0.717) is 0 Å². The van der Waals surface area contributed by atoms with E-state index < -0.39 is 0 Å². The van der Waals surface area contributed by atoms with E-state index in [1.807, 2.05) is 60.7 Å². The minimum atomic E-state index is 1.76. The molecule has 0 aliphatic rings. The first-order valence-electron chi connectivity index (χ1n) is 3.94. The van der Waals surface area contributed by atoms with E-state index in [4.69, 9.17) is 0 Å². The van der Waals surface area contributed by atoms with Crippen molar-refractivity contribution in [1.82, 2.24) is 0 Å². The molecule has 0 bridgehead atoms. The fraction of sp³-hybridized carbons (Fsp3) is 0. The molecule has 2 rings (SSSR count). The van der Waals surface area contributed by atoms with Crippen molar-refractivity contribution in [3.8, 4) is 0 Å². The fourth-order valence-electron chi connectivity index (χ4n) is 0.642. The van der Waals surface area contributed by atoms with Gasteiger partial charge < -0.3 is 0 Å². The molecule has 0 aliphatic heterocycles. The molecule has 2 aromatic rings. The molecule has 0 N–H and O–H groups in total. The Morgan fingerprint density at radius 2 is 1.08 bits per heavy atom. The van der Waals surface area contributed by atoms with Crippen LogP contribution in [0.2, 0.25) is 0 Å². The predicted molar refractivity (Wildman–Crippen MR) is 54.7 cm³/mol. The third kappa shape index (κ3) is 11.1. The summed E-state index contributed by atoms with van der Waals surface area (Å²) >= 11 is 1.76. The zero-order chi connectivity index (χ0) is 9.78. The van der Waals surface area contributed by atoms with Crippen molar-refractivity contribution in [3.05, 3.63) is 67.2 Å². The Labute approximate surface area is 91.2 Å². The zero-order valence-corrected chi connectivity index (χ0v) is 9.04. The first kappa shape index (κ1) is 12.1. The van der Waals surface area contributed by atoms with Crippen molar-refractivity contribution in [2.45, 2.75) is 0 Å². The van der Waals surface area contributed by atoms with E-state index in [1.54, 1.807) is 20.0 Å². The molecule has 1 heteroatoms. The SMILES string of the molecule is C=[C]=[Ti+2].c1cc[cH-]c1.c1cc[cH-]c1. The quantitative estimate of drug-likeness (QED) is 0.457. The summed E-state index contributed by atoms with van der Waals surface area (Å²) in [7, 11) is 0. The van der Waals surface area contributed by atoms with Gasteiger partial charge in [0.15, 0.2) is 0 Å². The van der Waals surface area contributed by atoms with Gasteiger partial charge in [-0.05, 0) is 0 Å².